The lowest BCUT2D eigenvalue weighted by Crippen LogP contribution is -2.08. The molecule has 0 spiro atoms. The summed E-state index contributed by atoms with van der Waals surface area (Å²) in [5.74, 6) is 1.57. The van der Waals surface area contributed by atoms with Gasteiger partial charge >= 0.3 is 0 Å². The van der Waals surface area contributed by atoms with Gasteiger partial charge in [0, 0.05) is 11.3 Å². The molecule has 0 aliphatic heterocycles. The Balaban J connectivity index is 1.56. The fourth-order valence-corrected chi connectivity index (χ4v) is 2.95. The van der Waals surface area contributed by atoms with Crippen LogP contribution in [0.4, 0.5) is 11.5 Å². The minimum Gasteiger partial charge on any atom is -0.373 e. The Bertz CT molecular complexity index is 747. The molecule has 0 saturated heterocycles. The summed E-state index contributed by atoms with van der Waals surface area (Å²) in [6.45, 7) is 0.843. The second kappa shape index (κ2) is 5.98. The summed E-state index contributed by atoms with van der Waals surface area (Å²) in [6, 6.07) is 9.50. The minimum atomic E-state index is 0.0904. The average Bonchev–Trinajstić information content (AvgIpc) is 3.33. The van der Waals surface area contributed by atoms with Crippen LogP contribution >= 0.6 is 0 Å². The number of nitriles is 1. The maximum absolute atomic E-state index is 8.88. The van der Waals surface area contributed by atoms with Crippen molar-refractivity contribution < 1.29 is 4.74 Å². The van der Waals surface area contributed by atoms with E-state index in [0.29, 0.717) is 5.56 Å². The third-order valence-electron chi connectivity index (χ3n) is 4.44. The third-order valence-corrected chi connectivity index (χ3v) is 4.44. The predicted molar refractivity (Wildman–Crippen MR) is 86.2 cm³/mol. The first-order valence-corrected chi connectivity index (χ1v) is 8.06. The summed E-state index contributed by atoms with van der Waals surface area (Å²) in [5.41, 5.74) is 3.74. The Labute approximate surface area is 135 Å². The molecule has 1 aromatic carbocycles. The maximum Gasteiger partial charge on any atom is 0.139 e. The van der Waals surface area contributed by atoms with E-state index >= 15 is 0 Å². The zero-order chi connectivity index (χ0) is 15.6. The molecule has 2 aliphatic rings. The molecule has 1 heterocycles. The molecule has 1 aromatic heterocycles. The van der Waals surface area contributed by atoms with Gasteiger partial charge in [-0.1, -0.05) is 0 Å². The SMILES string of the molecule is N#Cc1ccc(Nc2ncnc3c2C(OCC2CC2)CC3)cc1. The van der Waals surface area contributed by atoms with Crippen LogP contribution < -0.4 is 5.32 Å². The highest BCUT2D eigenvalue weighted by Crippen LogP contribution is 2.39. The topological polar surface area (TPSA) is 70.8 Å². The van der Waals surface area contributed by atoms with Crippen LogP contribution in [0.15, 0.2) is 30.6 Å². The van der Waals surface area contributed by atoms with Gasteiger partial charge in [0.15, 0.2) is 0 Å². The molecule has 1 N–H and O–H groups in total. The van der Waals surface area contributed by atoms with Gasteiger partial charge in [-0.05, 0) is 55.9 Å². The van der Waals surface area contributed by atoms with Gasteiger partial charge in [0.1, 0.15) is 12.1 Å². The van der Waals surface area contributed by atoms with Crippen LogP contribution in [-0.2, 0) is 11.2 Å². The minimum absolute atomic E-state index is 0.0904. The molecule has 0 radical (unpaired) electrons. The molecule has 116 valence electrons. The second-order valence-corrected chi connectivity index (χ2v) is 6.20. The summed E-state index contributed by atoms with van der Waals surface area (Å²) in [4.78, 5) is 8.82. The molecule has 2 aromatic rings. The lowest BCUT2D eigenvalue weighted by molar-refractivity contribution is 0.0468. The first-order chi connectivity index (χ1) is 11.3. The van der Waals surface area contributed by atoms with E-state index in [9.17, 15) is 0 Å². The number of hydrogen-bond acceptors (Lipinski definition) is 5. The summed E-state index contributed by atoms with van der Waals surface area (Å²) in [7, 11) is 0. The van der Waals surface area contributed by atoms with Crippen LogP contribution in [0.3, 0.4) is 0 Å². The van der Waals surface area contributed by atoms with E-state index in [2.05, 4.69) is 21.4 Å². The van der Waals surface area contributed by atoms with Crippen LogP contribution in [0.5, 0.6) is 0 Å². The van der Waals surface area contributed by atoms with Gasteiger partial charge in [-0.15, -0.1) is 0 Å². The Morgan fingerprint density at radius 3 is 2.74 bits per heavy atom. The van der Waals surface area contributed by atoms with E-state index in [1.165, 1.54) is 12.8 Å². The smallest absolute Gasteiger partial charge is 0.139 e. The molecular formula is C18H18N4O. The van der Waals surface area contributed by atoms with E-state index in [-0.39, 0.29) is 6.10 Å². The van der Waals surface area contributed by atoms with Crippen LogP contribution in [0.2, 0.25) is 0 Å². The number of fused-ring (bicyclic) bond motifs is 1. The Morgan fingerprint density at radius 2 is 2.00 bits per heavy atom. The standard InChI is InChI=1S/C18H18N4O/c19-9-12-3-5-14(6-4-12)22-18-17-15(20-11-21-18)7-8-16(17)23-10-13-1-2-13/h3-6,11,13,16H,1-2,7-8,10H2,(H,20,21,22). The second-order valence-electron chi connectivity index (χ2n) is 6.20. The van der Waals surface area contributed by atoms with E-state index in [4.69, 9.17) is 10.00 Å². The van der Waals surface area contributed by atoms with Gasteiger partial charge in [0.05, 0.1) is 30.0 Å². The fourth-order valence-electron chi connectivity index (χ4n) is 2.95. The maximum atomic E-state index is 8.88. The summed E-state index contributed by atoms with van der Waals surface area (Å²) in [5, 5.41) is 12.2. The molecule has 1 fully saturated rings. The van der Waals surface area contributed by atoms with Crippen molar-refractivity contribution in [2.24, 2.45) is 5.92 Å². The van der Waals surface area contributed by atoms with Gasteiger partial charge < -0.3 is 10.1 Å². The summed E-state index contributed by atoms with van der Waals surface area (Å²) < 4.78 is 6.11. The first-order valence-electron chi connectivity index (χ1n) is 8.06. The van der Waals surface area contributed by atoms with Crippen molar-refractivity contribution in [2.75, 3.05) is 11.9 Å². The molecule has 1 atom stereocenters. The lowest BCUT2D eigenvalue weighted by atomic mass is 10.2. The number of nitrogens with zero attached hydrogens (tertiary/aromatic N) is 3. The first kappa shape index (κ1) is 14.2. The molecule has 1 saturated carbocycles. The monoisotopic (exact) mass is 306 g/mol. The van der Waals surface area contributed by atoms with Crippen molar-refractivity contribution in [1.29, 1.82) is 5.26 Å². The molecule has 0 bridgehead atoms. The Kier molecular flexibility index (Phi) is 3.68. The Morgan fingerprint density at radius 1 is 1.17 bits per heavy atom. The summed E-state index contributed by atoms with van der Waals surface area (Å²) in [6.07, 6.45) is 6.20. The lowest BCUT2D eigenvalue weighted by Gasteiger charge is -2.16. The largest absolute Gasteiger partial charge is 0.373 e. The van der Waals surface area contributed by atoms with Crippen molar-refractivity contribution in [1.82, 2.24) is 9.97 Å². The highest BCUT2D eigenvalue weighted by Gasteiger charge is 2.30. The number of nitrogens with one attached hydrogen (secondary N) is 1. The quantitative estimate of drug-likeness (QED) is 0.915. The number of aryl methyl sites for hydroxylation is 1. The number of aromatic nitrogens is 2. The molecule has 5 nitrogen and oxygen atoms in total. The molecular weight excluding hydrogens is 288 g/mol. The number of benzene rings is 1. The van der Waals surface area contributed by atoms with Crippen LogP contribution in [0, 0.1) is 17.2 Å². The molecule has 0 amide bonds. The van der Waals surface area contributed by atoms with Gasteiger partial charge in [-0.3, -0.25) is 0 Å². The zero-order valence-electron chi connectivity index (χ0n) is 12.8. The van der Waals surface area contributed by atoms with E-state index in [1.54, 1.807) is 18.5 Å². The molecule has 1 unspecified atom stereocenters. The van der Waals surface area contributed by atoms with E-state index in [0.717, 1.165) is 48.1 Å². The fraction of sp³-hybridized carbons (Fsp3) is 0.389. The van der Waals surface area contributed by atoms with Gasteiger partial charge in [-0.2, -0.15) is 5.26 Å². The average molecular weight is 306 g/mol. The third kappa shape index (κ3) is 3.03. The van der Waals surface area contributed by atoms with E-state index in [1.807, 2.05) is 12.1 Å². The van der Waals surface area contributed by atoms with Crippen molar-refractivity contribution in [3.05, 3.63) is 47.4 Å². The van der Waals surface area contributed by atoms with Crippen LogP contribution in [-0.4, -0.2) is 16.6 Å². The van der Waals surface area contributed by atoms with Gasteiger partial charge in [0.2, 0.25) is 0 Å². The Hall–Kier alpha value is -2.45. The van der Waals surface area contributed by atoms with E-state index < -0.39 is 0 Å². The molecule has 5 heteroatoms. The zero-order valence-corrected chi connectivity index (χ0v) is 12.8. The normalized spacial score (nSPS) is 19.2. The molecule has 4 rings (SSSR count). The molecule has 2 aliphatic carbocycles. The molecule has 23 heavy (non-hydrogen) atoms. The van der Waals surface area contributed by atoms with Crippen LogP contribution in [0.1, 0.15) is 42.2 Å². The highest BCUT2D eigenvalue weighted by molar-refractivity contribution is 5.62. The van der Waals surface area contributed by atoms with Crippen molar-refractivity contribution >= 4 is 11.5 Å². The number of hydrogen-bond donors (Lipinski definition) is 1. The van der Waals surface area contributed by atoms with Crippen molar-refractivity contribution in [2.45, 2.75) is 31.8 Å². The van der Waals surface area contributed by atoms with Gasteiger partial charge in [-0.25, -0.2) is 9.97 Å². The summed E-state index contributed by atoms with van der Waals surface area (Å²) >= 11 is 0. The highest BCUT2D eigenvalue weighted by atomic mass is 16.5. The van der Waals surface area contributed by atoms with Crippen LogP contribution in [0.25, 0.3) is 0 Å². The van der Waals surface area contributed by atoms with Gasteiger partial charge in [0.25, 0.3) is 0 Å². The van der Waals surface area contributed by atoms with Crippen molar-refractivity contribution in [3.8, 4) is 6.07 Å². The number of anilines is 2. The number of ether oxygens (including phenoxy) is 1. The van der Waals surface area contributed by atoms with Crippen molar-refractivity contribution in [3.63, 3.8) is 0 Å². The number of rotatable bonds is 5. The predicted octanol–water partition coefficient (Wildman–Crippen LogP) is 3.51.